The van der Waals surface area contributed by atoms with Crippen molar-refractivity contribution >= 4 is 46.9 Å². The molecule has 2 fully saturated rings. The summed E-state index contributed by atoms with van der Waals surface area (Å²) in [5.41, 5.74) is 3.32. The first kappa shape index (κ1) is 52.6. The number of benzene rings is 4. The second-order valence-corrected chi connectivity index (χ2v) is 16.5. The molecule has 2 saturated heterocycles. The predicted molar refractivity (Wildman–Crippen MR) is 248 cm³/mol. The number of anilines is 2. The minimum absolute atomic E-state index is 0.0112. The molecular weight excluding hydrogens is 941 g/mol. The molecule has 16 nitrogen and oxygen atoms in total. The maximum absolute atomic E-state index is 13.5. The van der Waals surface area contributed by atoms with Gasteiger partial charge in [-0.1, -0.05) is 72.8 Å². The molecule has 3 heterocycles. The molecule has 5 aromatic rings. The number of hydrogen-bond acceptors (Lipinski definition) is 9. The molecule has 0 saturated carbocycles. The van der Waals surface area contributed by atoms with Crippen LogP contribution < -0.4 is 15.1 Å². The van der Waals surface area contributed by atoms with E-state index in [2.05, 4.69) is 10.2 Å². The average Bonchev–Trinajstić information content (AvgIpc) is 3.55. The second kappa shape index (κ2) is 23.7. The Morgan fingerprint density at radius 3 is 1.39 bits per heavy atom. The Bertz CT molecular complexity index is 2620. The van der Waals surface area contributed by atoms with Crippen LogP contribution in [0.2, 0.25) is 0 Å². The lowest BCUT2D eigenvalue weighted by atomic mass is 10.1. The summed E-state index contributed by atoms with van der Waals surface area (Å²) in [4.78, 5) is 83.7. The number of urea groups is 2. The summed E-state index contributed by atoms with van der Waals surface area (Å²) in [5.74, 6) is -4.53. The SMILES string of the molecule is CC(=O)N1CCCN(C(=O)N(Cc2ccc(-c3nnc(C(F)(F)F)o3)cc2)c2ccccc2)CC1.CC(=O)N1CCCN(C(=O)N(Cc2ccc(C(=O)CNC(=O)C(F)(F)F)cc2)c2ccccc2)CC1. The predicted octanol–water partition coefficient (Wildman–Crippen LogP) is 7.66. The van der Waals surface area contributed by atoms with Gasteiger partial charge in [0.15, 0.2) is 5.78 Å². The molecule has 0 aliphatic carbocycles. The van der Waals surface area contributed by atoms with Crippen LogP contribution >= 0.6 is 0 Å². The number of carbonyl (C=O) groups is 6. The molecule has 0 spiro atoms. The fourth-order valence-electron chi connectivity index (χ4n) is 7.67. The van der Waals surface area contributed by atoms with E-state index in [0.717, 1.165) is 5.56 Å². The van der Waals surface area contributed by atoms with E-state index in [-0.39, 0.29) is 48.4 Å². The van der Waals surface area contributed by atoms with Crippen LogP contribution in [0.15, 0.2) is 114 Å². The summed E-state index contributed by atoms with van der Waals surface area (Å²) < 4.78 is 79.9. The maximum Gasteiger partial charge on any atom is 0.471 e. The molecule has 376 valence electrons. The third kappa shape index (κ3) is 14.6. The molecule has 71 heavy (non-hydrogen) atoms. The molecule has 7 amide bonds. The number of nitrogens with zero attached hydrogens (tertiary/aromatic N) is 8. The number of rotatable bonds is 10. The molecule has 22 heteroatoms. The second-order valence-electron chi connectivity index (χ2n) is 16.5. The van der Waals surface area contributed by atoms with Crippen molar-refractivity contribution in [1.29, 1.82) is 0 Å². The van der Waals surface area contributed by atoms with E-state index in [1.54, 1.807) is 83.2 Å². The van der Waals surface area contributed by atoms with Crippen LogP contribution in [0, 0.1) is 0 Å². The summed E-state index contributed by atoms with van der Waals surface area (Å²) in [6.07, 6.45) is -8.42. The topological polar surface area (TPSA) is 173 Å². The molecule has 0 radical (unpaired) electrons. The lowest BCUT2D eigenvalue weighted by Crippen LogP contribution is -2.45. The normalized spacial score (nSPS) is 14.3. The van der Waals surface area contributed by atoms with E-state index in [9.17, 15) is 55.1 Å². The fourth-order valence-corrected chi connectivity index (χ4v) is 7.67. The molecule has 1 N–H and O–H groups in total. The number of Topliss-reactive ketones (excluding diaryl/α,β-unsaturated/α-hetero) is 1. The Balaban J connectivity index is 0.000000232. The van der Waals surface area contributed by atoms with Crippen molar-refractivity contribution in [2.75, 3.05) is 68.7 Å². The van der Waals surface area contributed by atoms with E-state index in [4.69, 9.17) is 4.42 Å². The van der Waals surface area contributed by atoms with Crippen molar-refractivity contribution in [3.63, 3.8) is 0 Å². The van der Waals surface area contributed by atoms with Crippen molar-refractivity contribution in [1.82, 2.24) is 35.1 Å². The lowest BCUT2D eigenvalue weighted by Gasteiger charge is -2.30. The van der Waals surface area contributed by atoms with Gasteiger partial charge in [0.05, 0.1) is 19.6 Å². The number of hydrogen-bond donors (Lipinski definition) is 1. The first-order valence-corrected chi connectivity index (χ1v) is 22.5. The Hall–Kier alpha value is -7.78. The molecule has 2 aliphatic heterocycles. The maximum atomic E-state index is 13.5. The standard InChI is InChI=1S/C25H27F3N4O4.C24H24F3N5O3/c1-18(33)30-12-5-13-31(15-14-30)24(36)32(21-6-3-2-4-7-21)17-19-8-10-20(11-9-19)22(34)16-29-23(35)25(26,27)28;1-17(33)30-12-5-13-31(15-14-30)23(34)32(20-6-3-2-4-7-20)16-18-8-10-19(11-9-18)21-28-29-22(35-21)24(25,26)27/h2-4,6-11H,5,12-17H2,1H3,(H,29,35);2-4,6-11H,5,12-16H2,1H3. The summed E-state index contributed by atoms with van der Waals surface area (Å²) in [6.45, 7) is 6.67. The average molecular weight is 992 g/mol. The number of carbonyl (C=O) groups excluding carboxylic acids is 6. The van der Waals surface area contributed by atoms with Gasteiger partial charge in [-0.25, -0.2) is 9.59 Å². The summed E-state index contributed by atoms with van der Waals surface area (Å²) in [5, 5.41) is 8.08. The zero-order valence-corrected chi connectivity index (χ0v) is 38.8. The molecule has 0 atom stereocenters. The third-order valence-corrected chi connectivity index (χ3v) is 11.5. The summed E-state index contributed by atoms with van der Waals surface area (Å²) >= 11 is 0. The van der Waals surface area contributed by atoms with Crippen molar-refractivity contribution in [3.8, 4) is 11.5 Å². The number of aromatic nitrogens is 2. The van der Waals surface area contributed by atoms with E-state index >= 15 is 0 Å². The van der Waals surface area contributed by atoms with Gasteiger partial charge in [-0.15, -0.1) is 10.2 Å². The first-order chi connectivity index (χ1) is 33.8. The van der Waals surface area contributed by atoms with Crippen LogP contribution in [-0.2, 0) is 33.6 Å². The van der Waals surface area contributed by atoms with Crippen molar-refractivity contribution in [3.05, 3.63) is 132 Å². The molecule has 4 aromatic carbocycles. The quantitative estimate of drug-likeness (QED) is 0.109. The van der Waals surface area contributed by atoms with Gasteiger partial charge in [-0.05, 0) is 60.4 Å². The van der Waals surface area contributed by atoms with E-state index in [0.29, 0.717) is 87.7 Å². The molecule has 7 rings (SSSR count). The Morgan fingerprint density at radius 2 is 0.986 bits per heavy atom. The van der Waals surface area contributed by atoms with E-state index in [1.165, 1.54) is 26.0 Å². The Morgan fingerprint density at radius 1 is 0.563 bits per heavy atom. The van der Waals surface area contributed by atoms with Crippen LogP contribution in [0.1, 0.15) is 54.1 Å². The van der Waals surface area contributed by atoms with Gasteiger partial charge < -0.3 is 29.3 Å². The first-order valence-electron chi connectivity index (χ1n) is 22.5. The van der Waals surface area contributed by atoms with Gasteiger partial charge >= 0.3 is 36.2 Å². The third-order valence-electron chi connectivity index (χ3n) is 11.5. The summed E-state index contributed by atoms with van der Waals surface area (Å²) in [6, 6.07) is 30.6. The summed E-state index contributed by atoms with van der Waals surface area (Å²) in [7, 11) is 0. The van der Waals surface area contributed by atoms with Gasteiger partial charge in [-0.3, -0.25) is 29.0 Å². The fraction of sp³-hybridized carbons (Fsp3) is 0.347. The molecule has 1 aromatic heterocycles. The molecule has 0 unspecified atom stereocenters. The van der Waals surface area contributed by atoms with Gasteiger partial charge in [0.25, 0.3) is 0 Å². The van der Waals surface area contributed by atoms with Crippen molar-refractivity contribution < 1.29 is 59.5 Å². The highest BCUT2D eigenvalue weighted by Crippen LogP contribution is 2.31. The van der Waals surface area contributed by atoms with Crippen LogP contribution in [0.3, 0.4) is 0 Å². The Labute approximate surface area is 404 Å². The minimum Gasteiger partial charge on any atom is -0.413 e. The monoisotopic (exact) mass is 991 g/mol. The number of para-hydroxylation sites is 2. The smallest absolute Gasteiger partial charge is 0.413 e. The lowest BCUT2D eigenvalue weighted by molar-refractivity contribution is -0.173. The highest BCUT2D eigenvalue weighted by Gasteiger charge is 2.39. The van der Waals surface area contributed by atoms with Gasteiger partial charge in [0.2, 0.25) is 17.7 Å². The molecular formula is C49H51F6N9O7. The van der Waals surface area contributed by atoms with E-state index < -0.39 is 36.5 Å². The Kier molecular flexibility index (Phi) is 17.5. The van der Waals surface area contributed by atoms with Crippen LogP contribution in [0.25, 0.3) is 11.5 Å². The number of halogens is 6. The van der Waals surface area contributed by atoms with Gasteiger partial charge in [-0.2, -0.15) is 26.3 Å². The van der Waals surface area contributed by atoms with Crippen LogP contribution in [0.5, 0.6) is 0 Å². The molecule has 0 bridgehead atoms. The van der Waals surface area contributed by atoms with Gasteiger partial charge in [0, 0.05) is 88.7 Å². The van der Waals surface area contributed by atoms with Crippen molar-refractivity contribution in [2.45, 2.75) is 52.1 Å². The number of amides is 7. The largest absolute Gasteiger partial charge is 0.471 e. The number of nitrogens with one attached hydrogen (secondary N) is 1. The van der Waals surface area contributed by atoms with Gasteiger partial charge in [0.1, 0.15) is 0 Å². The van der Waals surface area contributed by atoms with Crippen molar-refractivity contribution in [2.24, 2.45) is 0 Å². The zero-order valence-electron chi connectivity index (χ0n) is 38.8. The van der Waals surface area contributed by atoms with Crippen LogP contribution in [0.4, 0.5) is 47.3 Å². The highest BCUT2D eigenvalue weighted by atomic mass is 19.4. The van der Waals surface area contributed by atoms with Crippen LogP contribution in [-0.4, -0.2) is 130 Å². The molecule has 2 aliphatic rings. The minimum atomic E-state index is -5.06. The number of alkyl halides is 6. The van der Waals surface area contributed by atoms with E-state index in [1.807, 2.05) is 48.5 Å². The zero-order chi connectivity index (χ0) is 51.3. The highest BCUT2D eigenvalue weighted by molar-refractivity contribution is 6.00. The number of ketones is 1.